The summed E-state index contributed by atoms with van der Waals surface area (Å²) in [5.74, 6) is 0. The highest BCUT2D eigenvalue weighted by atomic mass is 15.1. The largest absolute Gasteiger partial charge is 0.354 e. The van der Waals surface area contributed by atoms with Gasteiger partial charge in [-0.3, -0.25) is 10.1 Å². The summed E-state index contributed by atoms with van der Waals surface area (Å²) in [6.07, 6.45) is 6.39. The number of hydrogen-bond acceptors (Lipinski definition) is 4. The van der Waals surface area contributed by atoms with Gasteiger partial charge in [0.05, 0.1) is 17.1 Å². The van der Waals surface area contributed by atoms with E-state index in [1.165, 1.54) is 24.1 Å². The van der Waals surface area contributed by atoms with Gasteiger partial charge in [-0.05, 0) is 62.1 Å². The maximum absolute atomic E-state index is 5.04. The predicted octanol–water partition coefficient (Wildman–Crippen LogP) is 6.82. The van der Waals surface area contributed by atoms with Crippen molar-refractivity contribution in [3.63, 3.8) is 0 Å². The van der Waals surface area contributed by atoms with Gasteiger partial charge in [-0.2, -0.15) is 5.10 Å². The number of rotatable bonds is 5. The highest BCUT2D eigenvalue weighted by Crippen LogP contribution is 2.35. The van der Waals surface area contributed by atoms with Crippen molar-refractivity contribution in [2.75, 3.05) is 5.32 Å². The average molecular weight is 444 g/mol. The number of nitrogens with zero attached hydrogens (tertiary/aromatic N) is 3. The minimum absolute atomic E-state index is 0.917. The van der Waals surface area contributed by atoms with Crippen LogP contribution in [0, 0.1) is 0 Å². The van der Waals surface area contributed by atoms with E-state index in [-0.39, 0.29) is 0 Å². The fourth-order valence-electron chi connectivity index (χ4n) is 4.71. The fourth-order valence-corrected chi connectivity index (χ4v) is 4.71. The number of fused-ring (bicyclic) bond motifs is 1. The van der Waals surface area contributed by atoms with E-state index in [1.54, 1.807) is 0 Å². The number of hydrogen-bond donors (Lipinski definition) is 2. The molecule has 34 heavy (non-hydrogen) atoms. The van der Waals surface area contributed by atoms with Gasteiger partial charge >= 0.3 is 0 Å². The molecule has 2 N–H and O–H groups in total. The summed E-state index contributed by atoms with van der Waals surface area (Å²) < 4.78 is 0. The Morgan fingerprint density at radius 3 is 2.12 bits per heavy atom. The monoisotopic (exact) mass is 443 g/mol. The summed E-state index contributed by atoms with van der Waals surface area (Å²) >= 11 is 0. The summed E-state index contributed by atoms with van der Waals surface area (Å²) in [7, 11) is 0. The first kappa shape index (κ1) is 20.4. The fraction of sp³-hybridized carbons (Fsp3) is 0.138. The van der Waals surface area contributed by atoms with Crippen LogP contribution in [0.15, 0.2) is 91.1 Å². The number of aromatic amines is 1. The van der Waals surface area contributed by atoms with E-state index in [0.29, 0.717) is 0 Å². The number of benzene rings is 2. The van der Waals surface area contributed by atoms with Gasteiger partial charge in [0, 0.05) is 40.0 Å². The predicted molar refractivity (Wildman–Crippen MR) is 137 cm³/mol. The number of aryl methyl sites for hydroxylation is 1. The van der Waals surface area contributed by atoms with Crippen molar-refractivity contribution in [1.82, 2.24) is 20.2 Å². The van der Waals surface area contributed by atoms with Crippen molar-refractivity contribution in [3.05, 3.63) is 102 Å². The van der Waals surface area contributed by atoms with E-state index in [2.05, 4.69) is 69.0 Å². The Hall–Kier alpha value is -4.25. The lowest BCUT2D eigenvalue weighted by molar-refractivity contribution is 0.675. The Balaban J connectivity index is 1.38. The molecule has 0 saturated carbocycles. The lowest BCUT2D eigenvalue weighted by atomic mass is 9.95. The van der Waals surface area contributed by atoms with E-state index in [4.69, 9.17) is 4.98 Å². The molecular weight excluding hydrogens is 418 g/mol. The third-order valence-electron chi connectivity index (χ3n) is 6.39. The second-order valence-electron chi connectivity index (χ2n) is 8.58. The van der Waals surface area contributed by atoms with Gasteiger partial charge in [0.25, 0.3) is 0 Å². The van der Waals surface area contributed by atoms with Gasteiger partial charge in [0.1, 0.15) is 5.69 Å². The van der Waals surface area contributed by atoms with E-state index in [0.717, 1.165) is 58.1 Å². The molecule has 3 heterocycles. The van der Waals surface area contributed by atoms with Crippen molar-refractivity contribution in [1.29, 1.82) is 0 Å². The zero-order valence-corrected chi connectivity index (χ0v) is 18.8. The van der Waals surface area contributed by atoms with Crippen LogP contribution in [-0.4, -0.2) is 20.2 Å². The summed E-state index contributed by atoms with van der Waals surface area (Å²) in [4.78, 5) is 9.59. The van der Waals surface area contributed by atoms with Gasteiger partial charge < -0.3 is 5.32 Å². The molecule has 2 aromatic carbocycles. The summed E-state index contributed by atoms with van der Waals surface area (Å²) in [5.41, 5.74) is 10.5. The maximum atomic E-state index is 5.04. The van der Waals surface area contributed by atoms with Gasteiger partial charge in [-0.25, -0.2) is 4.98 Å². The molecule has 5 aromatic rings. The molecule has 0 amide bonds. The van der Waals surface area contributed by atoms with Crippen molar-refractivity contribution < 1.29 is 0 Å². The first-order valence-corrected chi connectivity index (χ1v) is 11.8. The van der Waals surface area contributed by atoms with E-state index in [1.807, 2.05) is 42.6 Å². The Labute approximate surface area is 199 Å². The SMILES string of the molecule is c1ccc(-c2ccccc2Nc2ccccc2-c2cccc(-c3n[nH]c4c3CCCC4)n2)nc1. The Bertz CT molecular complexity index is 1440. The smallest absolute Gasteiger partial charge is 0.114 e. The van der Waals surface area contributed by atoms with Crippen LogP contribution in [0.2, 0.25) is 0 Å². The lowest BCUT2D eigenvalue weighted by Gasteiger charge is -2.15. The minimum atomic E-state index is 0.917. The highest BCUT2D eigenvalue weighted by Gasteiger charge is 2.19. The molecule has 1 aliphatic carbocycles. The lowest BCUT2D eigenvalue weighted by Crippen LogP contribution is -2.02. The number of aromatic nitrogens is 4. The molecule has 0 bridgehead atoms. The molecule has 0 spiro atoms. The molecule has 0 fully saturated rings. The van der Waals surface area contributed by atoms with Crippen LogP contribution in [0.4, 0.5) is 11.4 Å². The molecule has 5 nitrogen and oxygen atoms in total. The molecular formula is C29H25N5. The molecule has 0 aliphatic heterocycles. The molecule has 166 valence electrons. The standard InChI is InChI=1S/C29H25N5/c1-4-14-24(20(10-1)23-13-7-8-19-30-23)31-25-15-5-2-11-21(25)26-17-9-18-28(32-26)29-22-12-3-6-16-27(22)33-34-29/h1-2,4-5,7-11,13-15,17-19,31H,3,6,12,16H2,(H,33,34). The first-order valence-electron chi connectivity index (χ1n) is 11.8. The van der Waals surface area contributed by atoms with Crippen molar-refractivity contribution >= 4 is 11.4 Å². The number of pyridine rings is 2. The normalized spacial score (nSPS) is 12.8. The van der Waals surface area contributed by atoms with Crippen molar-refractivity contribution in [3.8, 4) is 33.9 Å². The topological polar surface area (TPSA) is 66.5 Å². The molecule has 5 heteroatoms. The third kappa shape index (κ3) is 3.86. The molecule has 6 rings (SSSR count). The third-order valence-corrected chi connectivity index (χ3v) is 6.39. The molecule has 0 unspecified atom stereocenters. The van der Waals surface area contributed by atoms with E-state index >= 15 is 0 Å². The van der Waals surface area contributed by atoms with Crippen LogP contribution >= 0.6 is 0 Å². The zero-order valence-electron chi connectivity index (χ0n) is 18.8. The van der Waals surface area contributed by atoms with Crippen LogP contribution < -0.4 is 5.32 Å². The van der Waals surface area contributed by atoms with Crippen molar-refractivity contribution in [2.24, 2.45) is 0 Å². The molecule has 1 aliphatic rings. The molecule has 3 aromatic heterocycles. The number of H-pyrrole nitrogens is 1. The van der Waals surface area contributed by atoms with Gasteiger partial charge in [0.15, 0.2) is 0 Å². The van der Waals surface area contributed by atoms with Crippen LogP contribution in [0.1, 0.15) is 24.1 Å². The summed E-state index contributed by atoms with van der Waals surface area (Å²) in [6, 6.07) is 28.7. The Kier molecular flexibility index (Phi) is 5.36. The second-order valence-corrected chi connectivity index (χ2v) is 8.58. The van der Waals surface area contributed by atoms with Gasteiger partial charge in [-0.15, -0.1) is 0 Å². The molecule has 0 radical (unpaired) electrons. The minimum Gasteiger partial charge on any atom is -0.354 e. The van der Waals surface area contributed by atoms with Crippen LogP contribution in [0.5, 0.6) is 0 Å². The molecule has 0 saturated heterocycles. The Morgan fingerprint density at radius 2 is 1.32 bits per heavy atom. The van der Waals surface area contributed by atoms with Crippen LogP contribution in [0.25, 0.3) is 33.9 Å². The zero-order chi connectivity index (χ0) is 22.7. The summed E-state index contributed by atoms with van der Waals surface area (Å²) in [5, 5.41) is 11.5. The summed E-state index contributed by atoms with van der Waals surface area (Å²) in [6.45, 7) is 0. The van der Waals surface area contributed by atoms with Gasteiger partial charge in [0.2, 0.25) is 0 Å². The van der Waals surface area contributed by atoms with Crippen LogP contribution in [-0.2, 0) is 12.8 Å². The first-order chi connectivity index (χ1) is 16.9. The number of anilines is 2. The van der Waals surface area contributed by atoms with E-state index < -0.39 is 0 Å². The van der Waals surface area contributed by atoms with Crippen molar-refractivity contribution in [2.45, 2.75) is 25.7 Å². The van der Waals surface area contributed by atoms with Crippen LogP contribution in [0.3, 0.4) is 0 Å². The maximum Gasteiger partial charge on any atom is 0.114 e. The number of nitrogens with one attached hydrogen (secondary N) is 2. The second kappa shape index (κ2) is 8.94. The highest BCUT2D eigenvalue weighted by molar-refractivity contribution is 5.85. The van der Waals surface area contributed by atoms with Gasteiger partial charge in [-0.1, -0.05) is 48.5 Å². The van der Waals surface area contributed by atoms with E-state index in [9.17, 15) is 0 Å². The Morgan fingerprint density at radius 1 is 0.647 bits per heavy atom. The number of para-hydroxylation sites is 2. The average Bonchev–Trinajstić information content (AvgIpc) is 3.34. The molecule has 0 atom stereocenters. The quantitative estimate of drug-likeness (QED) is 0.313.